The van der Waals surface area contributed by atoms with E-state index < -0.39 is 30.1 Å². The second-order valence-electron chi connectivity index (χ2n) is 23.9. The first-order valence-corrected chi connectivity index (χ1v) is 34.7. The van der Waals surface area contributed by atoms with Crippen LogP contribution in [0.25, 0.3) is 43.7 Å². The minimum absolute atomic E-state index is 0.00643. The Hall–Kier alpha value is -10.6. The molecule has 27 heteroatoms. The summed E-state index contributed by atoms with van der Waals surface area (Å²) in [6.45, 7) is 12.3. The molecule has 8 aromatic heterocycles. The molecule has 3 amide bonds. The van der Waals surface area contributed by atoms with Crippen LogP contribution in [0.3, 0.4) is 0 Å². The van der Waals surface area contributed by atoms with Crippen molar-refractivity contribution in [3.63, 3.8) is 0 Å². The van der Waals surface area contributed by atoms with Crippen molar-refractivity contribution < 1.29 is 34.1 Å². The van der Waals surface area contributed by atoms with Crippen molar-refractivity contribution in [2.24, 2.45) is 0 Å². The molecule has 14 rings (SSSR count). The summed E-state index contributed by atoms with van der Waals surface area (Å²) in [4.78, 5) is 62.0. The van der Waals surface area contributed by atoms with Gasteiger partial charge in [0, 0.05) is 57.9 Å². The highest BCUT2D eigenvalue weighted by atomic mass is 32.1. The Morgan fingerprint density at radius 1 is 0.520 bits per heavy atom. The van der Waals surface area contributed by atoms with Gasteiger partial charge in [-0.3, -0.25) is 34.8 Å². The summed E-state index contributed by atoms with van der Waals surface area (Å²) in [5, 5.41) is 50.4. The number of aromatic amines is 4. The van der Waals surface area contributed by atoms with Crippen LogP contribution in [-0.2, 0) is 19.2 Å². The minimum atomic E-state index is -1.00. The van der Waals surface area contributed by atoms with E-state index in [-0.39, 0.29) is 23.5 Å². The van der Waals surface area contributed by atoms with E-state index in [2.05, 4.69) is 52.4 Å². The molecule has 23 nitrogen and oxygen atoms in total. The molecule has 0 bridgehead atoms. The highest BCUT2D eigenvalue weighted by Crippen LogP contribution is 2.32. The topological polar surface area (TPSA) is 275 Å². The number of nitrogens with zero attached hydrogens (tertiary/aromatic N) is 12. The van der Waals surface area contributed by atoms with Crippen LogP contribution in [0, 0.1) is 18.6 Å². The van der Waals surface area contributed by atoms with Gasteiger partial charge in [0.05, 0.1) is 69.2 Å². The number of hydrogen-bond donors (Lipinski definition) is 6. The third-order valence-corrected chi connectivity index (χ3v) is 19.4. The number of piperidine rings is 1. The summed E-state index contributed by atoms with van der Waals surface area (Å²) < 4.78 is 14.6. The number of carbonyl (C=O) groups is 4. The van der Waals surface area contributed by atoms with E-state index >= 15 is 0 Å². The van der Waals surface area contributed by atoms with Crippen LogP contribution in [0.2, 0.25) is 0 Å². The Kier molecular flexibility index (Phi) is 23.5. The fraction of sp³-hybridized carbons (Fsp3) is 0.274. The molecule has 10 heterocycles. The van der Waals surface area contributed by atoms with E-state index in [9.17, 15) is 29.4 Å². The van der Waals surface area contributed by atoms with Gasteiger partial charge in [-0.25, -0.2) is 9.78 Å². The highest BCUT2D eigenvalue weighted by Gasteiger charge is 2.32. The smallest absolute Gasteiger partial charge is 0.331 e. The average Bonchev–Trinajstić information content (AvgIpc) is 1.45. The Morgan fingerprint density at radius 2 is 0.940 bits per heavy atom. The van der Waals surface area contributed by atoms with E-state index in [0.717, 1.165) is 114 Å². The fourth-order valence-corrected chi connectivity index (χ4v) is 13.8. The number of aromatic hydroxyl groups is 1. The quantitative estimate of drug-likeness (QED) is 0.0365. The summed E-state index contributed by atoms with van der Waals surface area (Å²) in [6, 6.07) is 36.4. The number of carboxylic acid groups (broad SMARTS) is 1. The molecule has 4 atom stereocenters. The van der Waals surface area contributed by atoms with Crippen LogP contribution in [0.5, 0.6) is 11.5 Å². The molecule has 2 saturated heterocycles. The van der Waals surface area contributed by atoms with Gasteiger partial charge in [-0.1, -0.05) is 159 Å². The van der Waals surface area contributed by atoms with E-state index in [0.29, 0.717) is 60.6 Å². The normalized spacial score (nSPS) is 14.2. The second kappa shape index (κ2) is 33.3. The number of fused-ring (bicyclic) bond motifs is 4. The van der Waals surface area contributed by atoms with Gasteiger partial charge in [0.25, 0.3) is 0 Å². The number of rotatable bonds is 17. The molecular formula is C73H76N16O7S4. The SMILES string of the molecule is C=CCOc1cccc(C(C(=O)O)n2ccc3[nH]ncc3c2=S)c1.CCN(CC)C(=O)C(c1ccccc1)n1cnc2[nH]ncc2c1=S.O=C(C(c1cccc(O)c1)n1ccc2[nH]ncc2c1=S)N1CCCCCC1.O=C(C(c1ccccc1)n1ccc2[nH]ncc2c1=S)N1CCCCC1. The minimum Gasteiger partial charge on any atom is -0.508 e. The zero-order valence-corrected chi connectivity index (χ0v) is 58.4. The van der Waals surface area contributed by atoms with Gasteiger partial charge >= 0.3 is 5.97 Å². The molecule has 0 spiro atoms. The van der Waals surface area contributed by atoms with Crippen molar-refractivity contribution in [3.8, 4) is 11.5 Å². The van der Waals surface area contributed by atoms with Gasteiger partial charge < -0.3 is 47.9 Å². The number of phenolic OH excluding ortho intramolecular Hbond substituents is 1. The first-order valence-electron chi connectivity index (χ1n) is 33.0. The van der Waals surface area contributed by atoms with Crippen LogP contribution in [0.4, 0.5) is 0 Å². The van der Waals surface area contributed by atoms with Gasteiger partial charge in [0.1, 0.15) is 54.8 Å². The van der Waals surface area contributed by atoms with E-state index in [1.54, 1.807) is 106 Å². The van der Waals surface area contributed by atoms with Gasteiger partial charge in [0.15, 0.2) is 11.7 Å². The molecule has 4 aromatic carbocycles. The number of benzene rings is 4. The maximum Gasteiger partial charge on any atom is 0.331 e. The number of aliphatic carboxylic acids is 1. The maximum atomic E-state index is 13.5. The summed E-state index contributed by atoms with van der Waals surface area (Å²) in [6.07, 6.45) is 22.9. The molecule has 100 heavy (non-hydrogen) atoms. The summed E-state index contributed by atoms with van der Waals surface area (Å²) in [5.41, 5.74) is 6.26. The number of likely N-dealkylation sites (N-methyl/N-ethyl adjacent to an activating group) is 1. The number of aromatic nitrogens is 13. The number of carboxylic acids is 1. The summed E-state index contributed by atoms with van der Waals surface area (Å²) in [5.74, 6) is -0.153. The number of H-pyrrole nitrogens is 4. The summed E-state index contributed by atoms with van der Waals surface area (Å²) in [7, 11) is 0. The Bertz CT molecular complexity index is 5080. The number of amides is 3. The molecule has 2 fully saturated rings. The van der Waals surface area contributed by atoms with Gasteiger partial charge in [0.2, 0.25) is 17.7 Å². The molecule has 0 saturated carbocycles. The zero-order chi connectivity index (χ0) is 70.2. The Balaban J connectivity index is 0.000000135. The van der Waals surface area contributed by atoms with Crippen LogP contribution >= 0.6 is 48.9 Å². The highest BCUT2D eigenvalue weighted by molar-refractivity contribution is 7.72. The number of likely N-dealkylation sites (tertiary alicyclic amines) is 2. The van der Waals surface area contributed by atoms with Crippen LogP contribution in [0.15, 0.2) is 190 Å². The van der Waals surface area contributed by atoms with Crippen molar-refractivity contribution in [3.05, 3.63) is 231 Å². The zero-order valence-electron chi connectivity index (χ0n) is 55.2. The number of carbonyl (C=O) groups excluding carboxylic acids is 3. The third kappa shape index (κ3) is 15.9. The lowest BCUT2D eigenvalue weighted by molar-refractivity contribution is -0.139. The second-order valence-corrected chi connectivity index (χ2v) is 25.5. The molecule has 0 aliphatic carbocycles. The van der Waals surface area contributed by atoms with Crippen molar-refractivity contribution in [2.75, 3.05) is 45.9 Å². The lowest BCUT2D eigenvalue weighted by Gasteiger charge is -2.31. The molecule has 4 unspecified atom stereocenters. The van der Waals surface area contributed by atoms with Crippen molar-refractivity contribution >= 4 is 116 Å². The Labute approximate surface area is 596 Å². The summed E-state index contributed by atoms with van der Waals surface area (Å²) >= 11 is 22.4. The van der Waals surface area contributed by atoms with Crippen LogP contribution in [-0.4, -0.2) is 159 Å². The molecule has 0 radical (unpaired) electrons. The molecular weight excluding hydrogens is 1340 g/mol. The number of ether oxygens (including phenoxy) is 1. The molecule has 6 N–H and O–H groups in total. The van der Waals surface area contributed by atoms with Crippen LogP contribution < -0.4 is 4.74 Å². The van der Waals surface area contributed by atoms with Gasteiger partial charge in [-0.15, -0.1) is 0 Å². The number of nitrogens with one attached hydrogen (secondary N) is 4. The number of phenols is 1. The predicted molar refractivity (Wildman–Crippen MR) is 394 cm³/mol. The third-order valence-electron chi connectivity index (χ3n) is 17.7. The predicted octanol–water partition coefficient (Wildman–Crippen LogP) is 13.8. The lowest BCUT2D eigenvalue weighted by atomic mass is 10.0. The van der Waals surface area contributed by atoms with Gasteiger partial charge in [-0.05, 0) is 111 Å². The largest absolute Gasteiger partial charge is 0.508 e. The lowest BCUT2D eigenvalue weighted by Crippen LogP contribution is -2.41. The van der Waals surface area contributed by atoms with E-state index in [4.69, 9.17) is 53.6 Å². The van der Waals surface area contributed by atoms with E-state index in [1.807, 2.05) is 124 Å². The molecule has 2 aliphatic heterocycles. The number of hydrogen-bond acceptors (Lipinski definition) is 15. The average molecular weight is 1420 g/mol. The van der Waals surface area contributed by atoms with Crippen molar-refractivity contribution in [1.82, 2.24) is 78.7 Å². The maximum absolute atomic E-state index is 13.5. The molecule has 2 aliphatic rings. The molecule has 514 valence electrons. The number of pyridine rings is 3. The monoisotopic (exact) mass is 1420 g/mol. The molecule has 12 aromatic rings. The van der Waals surface area contributed by atoms with Gasteiger partial charge in [-0.2, -0.15) is 20.4 Å². The van der Waals surface area contributed by atoms with Crippen molar-refractivity contribution in [2.45, 2.75) is 83.0 Å². The van der Waals surface area contributed by atoms with E-state index in [1.165, 1.54) is 6.42 Å². The fourth-order valence-electron chi connectivity index (χ4n) is 12.5. The van der Waals surface area contributed by atoms with Crippen LogP contribution in [0.1, 0.15) is 105 Å². The first kappa shape index (κ1) is 70.7. The first-order chi connectivity index (χ1) is 48.7. The Morgan fingerprint density at radius 3 is 1.42 bits per heavy atom. The standard InChI is InChI=1S/C20H22N4O2S.C19H20N4OS.C17H19N5OS.C17H15N3O3S/c25-15-7-5-6-14(12-15)18(19(26)23-9-3-1-2-4-10-23)24-11-8-17-16(20(24)27)13-21-22-17;24-18(22-10-5-2-6-11-22)17(14-7-3-1-4-8-14)23-12-9-16-15(19(23)25)13-20-21-16;1-3-21(4-2)16(23)14(12-8-6-5-7-9-12)22-11-18-15-13(17(22)24)10-19-20-15;1-2-8-23-12-5-3-4-11(9-12)15(17(21)22)20-7-6-14-13(16(20)24)10-18-19-14/h5-8,11-13,18,25H,1-4,9-10H2,(H,21,22);1,3-4,7-9,12-13,17H,2,5-6,10-11H2,(H,20,21);5-11,14H,3-4H2,1-2H3,(H,19,20);2-7,9-10,15H,1,8H2,(H,18,19)(H,21,22). The van der Waals surface area contributed by atoms with Crippen molar-refractivity contribution in [1.29, 1.82) is 0 Å².